The van der Waals surface area contributed by atoms with Gasteiger partial charge in [0.05, 0.1) is 12.5 Å². The van der Waals surface area contributed by atoms with Crippen molar-refractivity contribution < 1.29 is 29.0 Å². The number of carbonyl (C=O) groups excluding carboxylic acids is 2. The van der Waals surface area contributed by atoms with Crippen molar-refractivity contribution in [2.24, 2.45) is 5.73 Å². The minimum absolute atomic E-state index is 0.125. The van der Waals surface area contributed by atoms with Crippen molar-refractivity contribution >= 4 is 18.0 Å². The highest BCUT2D eigenvalue weighted by atomic mass is 16.6. The van der Waals surface area contributed by atoms with Gasteiger partial charge in [-0.2, -0.15) is 0 Å². The Morgan fingerprint density at radius 1 is 1.10 bits per heavy atom. The molecule has 4 N–H and O–H groups in total. The first kappa shape index (κ1) is 26.4. The summed E-state index contributed by atoms with van der Waals surface area (Å²) in [5.41, 5.74) is 4.93. The molecule has 0 heterocycles. The molecule has 0 saturated heterocycles. The molecule has 31 heavy (non-hydrogen) atoms. The lowest BCUT2D eigenvalue weighted by molar-refractivity contribution is -0.147. The van der Waals surface area contributed by atoms with Crippen molar-refractivity contribution in [2.45, 2.75) is 76.9 Å². The molecule has 2 atom stereocenters. The molecule has 1 aromatic carbocycles. The molecule has 1 unspecified atom stereocenters. The van der Waals surface area contributed by atoms with Crippen LogP contribution < -0.4 is 11.1 Å². The highest BCUT2D eigenvalue weighted by Gasteiger charge is 2.35. The third-order valence-corrected chi connectivity index (χ3v) is 4.80. The molecule has 0 saturated carbocycles. The number of carbonyl (C=O) groups is 3. The van der Waals surface area contributed by atoms with Crippen molar-refractivity contribution in [1.82, 2.24) is 5.32 Å². The minimum atomic E-state index is -1.47. The summed E-state index contributed by atoms with van der Waals surface area (Å²) in [5.74, 6) is -2.07. The molecular weight excluding hydrogens is 400 g/mol. The van der Waals surface area contributed by atoms with Crippen LogP contribution in [0.5, 0.6) is 0 Å². The molecule has 0 aliphatic carbocycles. The predicted octanol–water partition coefficient (Wildman–Crippen LogP) is 3.59. The molecule has 0 spiro atoms. The topological polar surface area (TPSA) is 128 Å². The quantitative estimate of drug-likeness (QED) is 0.337. The third kappa shape index (κ3) is 9.83. The Balaban J connectivity index is 2.63. The second-order valence-corrected chi connectivity index (χ2v) is 8.60. The van der Waals surface area contributed by atoms with E-state index in [0.717, 1.165) is 5.56 Å². The molecule has 174 valence electrons. The van der Waals surface area contributed by atoms with Crippen molar-refractivity contribution in [1.29, 1.82) is 0 Å². The van der Waals surface area contributed by atoms with Gasteiger partial charge in [-0.1, -0.05) is 30.3 Å². The normalized spacial score (nSPS) is 14.2. The number of carboxylic acids is 1. The van der Waals surface area contributed by atoms with Gasteiger partial charge in [0.25, 0.3) is 0 Å². The molecule has 8 heteroatoms. The van der Waals surface area contributed by atoms with Gasteiger partial charge in [-0.15, -0.1) is 0 Å². The number of hydrogen-bond acceptors (Lipinski definition) is 6. The molecule has 1 amide bonds. The number of aliphatic carboxylic acids is 1. The van der Waals surface area contributed by atoms with Crippen molar-refractivity contribution in [3.63, 3.8) is 0 Å². The number of nitrogens with two attached hydrogens (primary N) is 1. The lowest BCUT2D eigenvalue weighted by Crippen LogP contribution is -2.48. The maximum absolute atomic E-state index is 12.4. The van der Waals surface area contributed by atoms with Gasteiger partial charge in [0.15, 0.2) is 0 Å². The first-order valence-corrected chi connectivity index (χ1v) is 10.7. The van der Waals surface area contributed by atoms with E-state index < -0.39 is 29.1 Å². The number of unbranched alkanes of at least 4 members (excludes halogenated alkanes) is 1. The first-order valence-electron chi connectivity index (χ1n) is 10.7. The molecule has 8 nitrogen and oxygen atoms in total. The van der Waals surface area contributed by atoms with E-state index in [1.54, 1.807) is 27.7 Å². The van der Waals surface area contributed by atoms with Crippen molar-refractivity contribution in [3.8, 4) is 0 Å². The summed E-state index contributed by atoms with van der Waals surface area (Å²) < 4.78 is 10.3. The van der Waals surface area contributed by atoms with Gasteiger partial charge in [0.1, 0.15) is 11.1 Å². The zero-order valence-corrected chi connectivity index (χ0v) is 19.0. The van der Waals surface area contributed by atoms with Gasteiger partial charge in [0.2, 0.25) is 0 Å². The standard InChI is InChI=1S/C23H36N2O6/c1-5-30-19(26)18(17-11-7-6-8-12-17)13-15-23(24,20(27)28)14-9-10-16-25-21(29)31-22(2,3)4/h6-8,11-12,18H,5,9-10,13-16,24H2,1-4H3,(H,25,29)(H,27,28)/t18?,23-/m1/s1. The Labute approximate surface area is 184 Å². The van der Waals surface area contributed by atoms with Gasteiger partial charge in [-0.25, -0.2) is 4.79 Å². The van der Waals surface area contributed by atoms with Crippen LogP contribution in [-0.2, 0) is 19.1 Å². The van der Waals surface area contributed by atoms with E-state index in [0.29, 0.717) is 19.4 Å². The Kier molecular flexibility index (Phi) is 10.5. The average Bonchev–Trinajstić information content (AvgIpc) is 2.67. The summed E-state index contributed by atoms with van der Waals surface area (Å²) in [6.45, 7) is 7.68. The zero-order valence-electron chi connectivity index (χ0n) is 19.0. The molecule has 1 rings (SSSR count). The number of amides is 1. The van der Waals surface area contributed by atoms with E-state index in [2.05, 4.69) is 5.32 Å². The molecule has 0 fully saturated rings. The fourth-order valence-electron chi connectivity index (χ4n) is 3.16. The Bertz CT molecular complexity index is 717. The van der Waals surface area contributed by atoms with E-state index in [1.165, 1.54) is 0 Å². The highest BCUT2D eigenvalue weighted by Crippen LogP contribution is 2.28. The maximum atomic E-state index is 12.4. The number of esters is 1. The van der Waals surface area contributed by atoms with E-state index in [9.17, 15) is 19.5 Å². The number of rotatable bonds is 12. The minimum Gasteiger partial charge on any atom is -0.480 e. The summed E-state index contributed by atoms with van der Waals surface area (Å²) in [4.78, 5) is 36.0. The first-order chi connectivity index (χ1) is 14.5. The van der Waals surface area contributed by atoms with Gasteiger partial charge < -0.3 is 25.6 Å². The smallest absolute Gasteiger partial charge is 0.407 e. The Hall–Kier alpha value is -2.61. The fraction of sp³-hybridized carbons (Fsp3) is 0.609. The number of nitrogens with one attached hydrogen (secondary N) is 1. The van der Waals surface area contributed by atoms with Crippen molar-refractivity contribution in [3.05, 3.63) is 35.9 Å². The molecular formula is C23H36N2O6. The van der Waals surface area contributed by atoms with E-state index >= 15 is 0 Å². The van der Waals surface area contributed by atoms with Crippen LogP contribution in [0.25, 0.3) is 0 Å². The van der Waals surface area contributed by atoms with Gasteiger partial charge >= 0.3 is 18.0 Å². The summed E-state index contributed by atoms with van der Waals surface area (Å²) in [7, 11) is 0. The Morgan fingerprint density at radius 3 is 2.29 bits per heavy atom. The van der Waals surface area contributed by atoms with Gasteiger partial charge in [-0.3, -0.25) is 9.59 Å². The summed E-state index contributed by atoms with van der Waals surface area (Å²) >= 11 is 0. The SMILES string of the molecule is CCOC(=O)C(CC[C@](N)(CCCCNC(=O)OC(C)(C)C)C(=O)O)c1ccccc1. The number of hydrogen-bond donors (Lipinski definition) is 3. The highest BCUT2D eigenvalue weighted by molar-refractivity contribution is 5.80. The second-order valence-electron chi connectivity index (χ2n) is 8.60. The maximum Gasteiger partial charge on any atom is 0.407 e. The fourth-order valence-corrected chi connectivity index (χ4v) is 3.16. The van der Waals surface area contributed by atoms with Crippen LogP contribution >= 0.6 is 0 Å². The predicted molar refractivity (Wildman–Crippen MR) is 118 cm³/mol. The number of benzene rings is 1. The van der Waals surface area contributed by atoms with E-state index in [4.69, 9.17) is 15.2 Å². The largest absolute Gasteiger partial charge is 0.480 e. The van der Waals surface area contributed by atoms with E-state index in [1.807, 2.05) is 30.3 Å². The lowest BCUT2D eigenvalue weighted by Gasteiger charge is -2.27. The molecule has 0 aliphatic heterocycles. The number of alkyl carbamates (subject to hydrolysis) is 1. The Morgan fingerprint density at radius 2 is 1.74 bits per heavy atom. The summed E-state index contributed by atoms with van der Waals surface area (Å²) in [5, 5.41) is 12.3. The van der Waals surface area contributed by atoms with Gasteiger partial charge in [0, 0.05) is 6.54 Å². The van der Waals surface area contributed by atoms with Crippen LogP contribution in [0.4, 0.5) is 4.79 Å². The van der Waals surface area contributed by atoms with Crippen LogP contribution in [0.2, 0.25) is 0 Å². The summed E-state index contributed by atoms with van der Waals surface area (Å²) in [6.07, 6.45) is 1.18. The van der Waals surface area contributed by atoms with Crippen LogP contribution in [0, 0.1) is 0 Å². The zero-order chi connectivity index (χ0) is 23.5. The van der Waals surface area contributed by atoms with Crippen molar-refractivity contribution in [2.75, 3.05) is 13.2 Å². The monoisotopic (exact) mass is 436 g/mol. The number of ether oxygens (including phenoxy) is 2. The molecule has 0 aliphatic rings. The molecule has 0 aromatic heterocycles. The molecule has 1 aromatic rings. The van der Waals surface area contributed by atoms with Crippen LogP contribution in [0.15, 0.2) is 30.3 Å². The van der Waals surface area contributed by atoms with Gasteiger partial charge in [-0.05, 0) is 65.4 Å². The molecule has 0 bridgehead atoms. The summed E-state index contributed by atoms with van der Waals surface area (Å²) in [6, 6.07) is 9.14. The van der Waals surface area contributed by atoms with Crippen LogP contribution in [0.1, 0.15) is 71.3 Å². The molecule has 0 radical (unpaired) electrons. The lowest BCUT2D eigenvalue weighted by atomic mass is 9.83. The average molecular weight is 437 g/mol. The third-order valence-electron chi connectivity index (χ3n) is 4.80. The van der Waals surface area contributed by atoms with E-state index in [-0.39, 0.29) is 31.8 Å². The second kappa shape index (κ2) is 12.3. The van der Waals surface area contributed by atoms with Crippen LogP contribution in [0.3, 0.4) is 0 Å². The van der Waals surface area contributed by atoms with Crippen LogP contribution in [-0.4, -0.2) is 47.4 Å². The number of carboxylic acid groups (broad SMARTS) is 1.